The molecule has 0 unspecified atom stereocenters. The average Bonchev–Trinajstić information content (AvgIpc) is 3.63. The lowest BCUT2D eigenvalue weighted by Gasteiger charge is -2.14. The van der Waals surface area contributed by atoms with Crippen molar-refractivity contribution in [1.29, 1.82) is 0 Å². The van der Waals surface area contributed by atoms with Gasteiger partial charge in [-0.2, -0.15) is 0 Å². The van der Waals surface area contributed by atoms with E-state index >= 15 is 0 Å². The van der Waals surface area contributed by atoms with E-state index in [1.54, 1.807) is 0 Å². The van der Waals surface area contributed by atoms with E-state index in [1.165, 1.54) is 32.3 Å². The van der Waals surface area contributed by atoms with Crippen LogP contribution in [0.25, 0.3) is 111 Å². The van der Waals surface area contributed by atoms with Gasteiger partial charge in [0.05, 0.1) is 22.0 Å². The molecule has 11 rings (SSSR count). The molecule has 0 fully saturated rings. The van der Waals surface area contributed by atoms with Crippen LogP contribution < -0.4 is 0 Å². The van der Waals surface area contributed by atoms with Crippen molar-refractivity contribution in [2.24, 2.45) is 0 Å². The number of hydrogen-bond acceptors (Lipinski definition) is 5. The van der Waals surface area contributed by atoms with Crippen LogP contribution in [0.3, 0.4) is 0 Å². The quantitative estimate of drug-likeness (QED) is 0.174. The molecule has 8 aromatic carbocycles. The Balaban J connectivity index is 1.21. The monoisotopic (exact) mass is 676 g/mol. The zero-order valence-electron chi connectivity index (χ0n) is 28.4. The number of fused-ring (bicyclic) bond motifs is 11. The Kier molecular flexibility index (Phi) is 6.48. The smallest absolute Gasteiger partial charge is 0.164 e. The maximum Gasteiger partial charge on any atom is 0.164 e. The molecule has 0 aliphatic carbocycles. The first-order valence-corrected chi connectivity index (χ1v) is 17.7. The van der Waals surface area contributed by atoms with E-state index in [0.29, 0.717) is 17.5 Å². The molecule has 11 aromatic rings. The number of rotatable bonds is 4. The fourth-order valence-corrected chi connectivity index (χ4v) is 7.88. The maximum absolute atomic E-state index is 6.82. The van der Waals surface area contributed by atoms with Gasteiger partial charge in [0.15, 0.2) is 17.5 Å². The molecule has 0 saturated carbocycles. The van der Waals surface area contributed by atoms with Crippen molar-refractivity contribution < 1.29 is 4.42 Å². The van der Waals surface area contributed by atoms with Gasteiger partial charge in [0.1, 0.15) is 11.2 Å². The fourth-order valence-electron chi connectivity index (χ4n) is 7.88. The molecule has 0 amide bonds. The Morgan fingerprint density at radius 2 is 0.868 bits per heavy atom. The lowest BCUT2D eigenvalue weighted by Crippen LogP contribution is -2.01. The van der Waals surface area contributed by atoms with Gasteiger partial charge in [0.2, 0.25) is 0 Å². The van der Waals surface area contributed by atoms with Gasteiger partial charge in [-0.05, 0) is 50.5 Å². The Hall–Kier alpha value is -7.24. The summed E-state index contributed by atoms with van der Waals surface area (Å²) < 4.78 is 6.82. The lowest BCUT2D eigenvalue weighted by molar-refractivity contribution is 0.672. The van der Waals surface area contributed by atoms with Gasteiger partial charge in [-0.15, -0.1) is 0 Å². The van der Waals surface area contributed by atoms with E-state index in [2.05, 4.69) is 91.0 Å². The van der Waals surface area contributed by atoms with Crippen LogP contribution in [0.5, 0.6) is 0 Å². The summed E-state index contributed by atoms with van der Waals surface area (Å²) in [7, 11) is 0. The highest BCUT2D eigenvalue weighted by Gasteiger charge is 2.23. The summed E-state index contributed by atoms with van der Waals surface area (Å²) in [5.41, 5.74) is 6.93. The normalized spacial score (nSPS) is 11.8. The molecular formula is C48H28N4O. The molecule has 0 spiro atoms. The van der Waals surface area contributed by atoms with E-state index in [1.807, 2.05) is 78.9 Å². The molecule has 5 heteroatoms. The second-order valence-electron chi connectivity index (χ2n) is 13.4. The second-order valence-corrected chi connectivity index (χ2v) is 13.4. The molecule has 0 atom stereocenters. The Morgan fingerprint density at radius 3 is 1.51 bits per heavy atom. The van der Waals surface area contributed by atoms with Gasteiger partial charge in [-0.1, -0.05) is 152 Å². The van der Waals surface area contributed by atoms with Crippen LogP contribution in [-0.4, -0.2) is 19.9 Å². The maximum atomic E-state index is 6.82. The predicted molar refractivity (Wildman–Crippen MR) is 217 cm³/mol. The number of hydrogen-bond donors (Lipinski definition) is 0. The number of aromatic nitrogens is 4. The largest absolute Gasteiger partial charge is 0.455 e. The Morgan fingerprint density at radius 1 is 0.340 bits per heavy atom. The minimum atomic E-state index is 0.559. The van der Waals surface area contributed by atoms with Gasteiger partial charge in [-0.25, -0.2) is 19.9 Å². The van der Waals surface area contributed by atoms with Gasteiger partial charge >= 0.3 is 0 Å². The predicted octanol–water partition coefficient (Wildman–Crippen LogP) is 12.4. The molecule has 0 aliphatic heterocycles. The first-order chi connectivity index (χ1) is 26.3. The lowest BCUT2D eigenvalue weighted by atomic mass is 9.92. The average molecular weight is 677 g/mol. The number of furan rings is 1. The zero-order valence-corrected chi connectivity index (χ0v) is 28.4. The van der Waals surface area contributed by atoms with E-state index in [4.69, 9.17) is 24.4 Å². The minimum absolute atomic E-state index is 0.559. The van der Waals surface area contributed by atoms with E-state index < -0.39 is 0 Å². The molecule has 0 radical (unpaired) electrons. The minimum Gasteiger partial charge on any atom is -0.455 e. The van der Waals surface area contributed by atoms with Crippen molar-refractivity contribution in [2.75, 3.05) is 0 Å². The van der Waals surface area contributed by atoms with Crippen LogP contribution >= 0.6 is 0 Å². The van der Waals surface area contributed by atoms with Gasteiger partial charge in [0, 0.05) is 27.6 Å². The van der Waals surface area contributed by atoms with Crippen LogP contribution in [0.4, 0.5) is 0 Å². The van der Waals surface area contributed by atoms with Crippen LogP contribution in [0.15, 0.2) is 174 Å². The number of benzene rings is 8. The molecular weight excluding hydrogens is 649 g/mol. The third-order valence-corrected chi connectivity index (χ3v) is 10.3. The van der Waals surface area contributed by atoms with Crippen molar-refractivity contribution in [1.82, 2.24) is 19.9 Å². The van der Waals surface area contributed by atoms with E-state index in [9.17, 15) is 0 Å². The zero-order chi connectivity index (χ0) is 34.9. The molecule has 53 heavy (non-hydrogen) atoms. The van der Waals surface area contributed by atoms with Crippen molar-refractivity contribution >= 4 is 65.2 Å². The summed E-state index contributed by atoms with van der Waals surface area (Å²) in [6.07, 6.45) is 0. The first kappa shape index (κ1) is 29.5. The second kappa shape index (κ2) is 11.7. The van der Waals surface area contributed by atoms with E-state index in [0.717, 1.165) is 60.8 Å². The Labute approximate surface area is 303 Å². The molecule has 0 N–H and O–H groups in total. The van der Waals surface area contributed by atoms with Crippen molar-refractivity contribution in [3.05, 3.63) is 170 Å². The summed E-state index contributed by atoms with van der Waals surface area (Å²) in [6, 6.07) is 58.5. The van der Waals surface area contributed by atoms with Crippen LogP contribution in [0.1, 0.15) is 0 Å². The van der Waals surface area contributed by atoms with E-state index in [-0.39, 0.29) is 0 Å². The highest BCUT2D eigenvalue weighted by Crippen LogP contribution is 2.44. The standard InChI is InChI=1S/C48H28N4O/c1-3-14-29(15-4-1)46-50-47(30-16-5-2-6-17-30)52-48(51-46)38-23-13-24-40-42(38)45-43(37-22-11-12-25-41(37)53-45)44(49-40)31-26-27-36-34-20-8-7-18-32(34)33-19-9-10-21-35(33)39(36)28-31/h1-28H. The summed E-state index contributed by atoms with van der Waals surface area (Å²) in [5.74, 6) is 1.77. The number of para-hydroxylation sites is 1. The summed E-state index contributed by atoms with van der Waals surface area (Å²) in [4.78, 5) is 20.6. The summed E-state index contributed by atoms with van der Waals surface area (Å²) in [6.45, 7) is 0. The third-order valence-electron chi connectivity index (χ3n) is 10.3. The molecule has 0 aliphatic rings. The Bertz CT molecular complexity index is 3130. The highest BCUT2D eigenvalue weighted by atomic mass is 16.3. The third kappa shape index (κ3) is 4.64. The van der Waals surface area contributed by atoms with Crippen LogP contribution in [-0.2, 0) is 0 Å². The molecule has 3 aromatic heterocycles. The number of nitrogens with zero attached hydrogens (tertiary/aromatic N) is 4. The van der Waals surface area contributed by atoms with Gasteiger partial charge in [0.25, 0.3) is 0 Å². The SMILES string of the molecule is c1ccc(-c2nc(-c3ccccc3)nc(-c3cccc4nc(-c5ccc6c7ccccc7c7ccccc7c6c5)c5c6ccccc6oc5c34)n2)cc1. The van der Waals surface area contributed by atoms with Gasteiger partial charge < -0.3 is 4.42 Å². The van der Waals surface area contributed by atoms with Crippen LogP contribution in [0, 0.1) is 0 Å². The number of pyridine rings is 1. The summed E-state index contributed by atoms with van der Waals surface area (Å²) in [5, 5.41) is 10.2. The van der Waals surface area contributed by atoms with Gasteiger partial charge in [-0.3, -0.25) is 0 Å². The van der Waals surface area contributed by atoms with Crippen molar-refractivity contribution in [2.45, 2.75) is 0 Å². The first-order valence-electron chi connectivity index (χ1n) is 17.7. The fraction of sp³-hybridized carbons (Fsp3) is 0. The molecule has 5 nitrogen and oxygen atoms in total. The molecule has 246 valence electrons. The molecule has 3 heterocycles. The summed E-state index contributed by atoms with van der Waals surface area (Å²) >= 11 is 0. The molecule has 0 saturated heterocycles. The topological polar surface area (TPSA) is 64.7 Å². The van der Waals surface area contributed by atoms with Crippen molar-refractivity contribution in [3.8, 4) is 45.4 Å². The molecule has 0 bridgehead atoms. The van der Waals surface area contributed by atoms with Crippen molar-refractivity contribution in [3.63, 3.8) is 0 Å². The van der Waals surface area contributed by atoms with Crippen LogP contribution in [0.2, 0.25) is 0 Å². The highest BCUT2D eigenvalue weighted by molar-refractivity contribution is 6.27.